The van der Waals surface area contributed by atoms with Crippen LogP contribution in [-0.2, 0) is 0 Å². The molecule has 0 radical (unpaired) electrons. The Labute approximate surface area is 96.4 Å². The lowest BCUT2D eigenvalue weighted by Crippen LogP contribution is -2.18. The molecule has 0 aromatic heterocycles. The highest BCUT2D eigenvalue weighted by molar-refractivity contribution is 6.30. The van der Waals surface area contributed by atoms with Crippen molar-refractivity contribution in [2.45, 2.75) is 19.8 Å². The first kappa shape index (κ1) is 12.3. The van der Waals surface area contributed by atoms with E-state index in [9.17, 15) is 0 Å². The van der Waals surface area contributed by atoms with Gasteiger partial charge in [0.25, 0.3) is 0 Å². The monoisotopic (exact) mass is 227 g/mol. The van der Waals surface area contributed by atoms with Crippen LogP contribution in [0.1, 0.15) is 25.3 Å². The van der Waals surface area contributed by atoms with Crippen LogP contribution < -0.4 is 10.5 Å². The van der Waals surface area contributed by atoms with Gasteiger partial charge in [0.15, 0.2) is 0 Å². The number of methoxy groups -OCH3 is 1. The SMILES string of the molecule is COc1ccc(Cl)cc1C(CN)C(C)C. The highest BCUT2D eigenvalue weighted by atomic mass is 35.5. The quantitative estimate of drug-likeness (QED) is 0.858. The van der Waals surface area contributed by atoms with Crippen molar-refractivity contribution in [2.75, 3.05) is 13.7 Å². The third-order valence-corrected chi connectivity index (χ3v) is 2.88. The van der Waals surface area contributed by atoms with Crippen molar-refractivity contribution in [3.63, 3.8) is 0 Å². The Hall–Kier alpha value is -0.730. The molecule has 0 amide bonds. The van der Waals surface area contributed by atoms with Crippen LogP contribution in [0, 0.1) is 5.92 Å². The summed E-state index contributed by atoms with van der Waals surface area (Å²) in [7, 11) is 1.67. The van der Waals surface area contributed by atoms with Crippen molar-refractivity contribution in [2.24, 2.45) is 11.7 Å². The number of ether oxygens (including phenoxy) is 1. The third-order valence-electron chi connectivity index (χ3n) is 2.65. The lowest BCUT2D eigenvalue weighted by molar-refractivity contribution is 0.395. The maximum atomic E-state index is 5.98. The summed E-state index contributed by atoms with van der Waals surface area (Å²) in [6.07, 6.45) is 0. The zero-order valence-electron chi connectivity index (χ0n) is 9.46. The van der Waals surface area contributed by atoms with Crippen LogP contribution in [0.25, 0.3) is 0 Å². The topological polar surface area (TPSA) is 35.2 Å². The molecule has 0 aliphatic carbocycles. The predicted octanol–water partition coefficient (Wildman–Crippen LogP) is 3.05. The van der Waals surface area contributed by atoms with Gasteiger partial charge in [0, 0.05) is 16.5 Å². The van der Waals surface area contributed by atoms with Gasteiger partial charge in [-0.2, -0.15) is 0 Å². The molecule has 0 heterocycles. The van der Waals surface area contributed by atoms with E-state index < -0.39 is 0 Å². The zero-order valence-corrected chi connectivity index (χ0v) is 10.2. The van der Waals surface area contributed by atoms with E-state index in [-0.39, 0.29) is 0 Å². The normalized spacial score (nSPS) is 12.9. The minimum Gasteiger partial charge on any atom is -0.496 e. The van der Waals surface area contributed by atoms with Gasteiger partial charge in [-0.1, -0.05) is 25.4 Å². The zero-order chi connectivity index (χ0) is 11.4. The van der Waals surface area contributed by atoms with Gasteiger partial charge in [-0.05, 0) is 30.7 Å². The second kappa shape index (κ2) is 5.38. The fourth-order valence-corrected chi connectivity index (χ4v) is 1.93. The molecule has 2 N–H and O–H groups in total. The Morgan fingerprint density at radius 3 is 2.53 bits per heavy atom. The number of hydrogen-bond acceptors (Lipinski definition) is 2. The summed E-state index contributed by atoms with van der Waals surface area (Å²) >= 11 is 5.98. The van der Waals surface area contributed by atoms with Gasteiger partial charge in [-0.15, -0.1) is 0 Å². The molecule has 0 spiro atoms. The highest BCUT2D eigenvalue weighted by Gasteiger charge is 2.18. The van der Waals surface area contributed by atoms with Crippen molar-refractivity contribution < 1.29 is 4.74 Å². The molecule has 0 saturated heterocycles. The van der Waals surface area contributed by atoms with Crippen LogP contribution in [0.2, 0.25) is 5.02 Å². The van der Waals surface area contributed by atoms with E-state index in [1.807, 2.05) is 18.2 Å². The maximum Gasteiger partial charge on any atom is 0.122 e. The van der Waals surface area contributed by atoms with Crippen LogP contribution >= 0.6 is 11.6 Å². The standard InChI is InChI=1S/C12H18ClNO/c1-8(2)11(7-14)10-6-9(13)4-5-12(10)15-3/h4-6,8,11H,7,14H2,1-3H3. The minimum atomic E-state index is 0.290. The number of nitrogens with two attached hydrogens (primary N) is 1. The average Bonchev–Trinajstić information content (AvgIpc) is 2.18. The summed E-state index contributed by atoms with van der Waals surface area (Å²) in [5.41, 5.74) is 6.88. The van der Waals surface area contributed by atoms with E-state index in [0.717, 1.165) is 16.3 Å². The second-order valence-corrected chi connectivity index (χ2v) is 4.41. The van der Waals surface area contributed by atoms with E-state index in [2.05, 4.69) is 13.8 Å². The largest absolute Gasteiger partial charge is 0.496 e. The summed E-state index contributed by atoms with van der Waals surface area (Å²) in [5.74, 6) is 1.63. The Morgan fingerprint density at radius 2 is 2.07 bits per heavy atom. The van der Waals surface area contributed by atoms with Crippen LogP contribution in [0.5, 0.6) is 5.75 Å². The second-order valence-electron chi connectivity index (χ2n) is 3.97. The van der Waals surface area contributed by atoms with Crippen molar-refractivity contribution in [3.8, 4) is 5.75 Å². The molecule has 2 nitrogen and oxygen atoms in total. The summed E-state index contributed by atoms with van der Waals surface area (Å²) in [5, 5.41) is 0.727. The van der Waals surface area contributed by atoms with Crippen LogP contribution in [0.15, 0.2) is 18.2 Å². The van der Waals surface area contributed by atoms with Gasteiger partial charge < -0.3 is 10.5 Å². The van der Waals surface area contributed by atoms with Crippen LogP contribution in [0.4, 0.5) is 0 Å². The summed E-state index contributed by atoms with van der Waals surface area (Å²) in [6, 6.07) is 5.67. The number of halogens is 1. The van der Waals surface area contributed by atoms with Gasteiger partial charge in [-0.3, -0.25) is 0 Å². The molecule has 0 fully saturated rings. The Bertz CT molecular complexity index is 325. The fraction of sp³-hybridized carbons (Fsp3) is 0.500. The Kier molecular flexibility index (Phi) is 4.43. The first-order chi connectivity index (χ1) is 7.10. The van der Waals surface area contributed by atoms with Crippen LogP contribution in [-0.4, -0.2) is 13.7 Å². The lowest BCUT2D eigenvalue weighted by Gasteiger charge is -2.21. The first-order valence-electron chi connectivity index (χ1n) is 5.13. The van der Waals surface area contributed by atoms with Crippen LogP contribution in [0.3, 0.4) is 0 Å². The third kappa shape index (κ3) is 2.86. The Morgan fingerprint density at radius 1 is 1.40 bits per heavy atom. The lowest BCUT2D eigenvalue weighted by atomic mass is 9.88. The molecule has 0 aliphatic heterocycles. The van der Waals surface area contributed by atoms with Crippen molar-refractivity contribution in [3.05, 3.63) is 28.8 Å². The summed E-state index contributed by atoms with van der Waals surface area (Å²) in [4.78, 5) is 0. The highest BCUT2D eigenvalue weighted by Crippen LogP contribution is 2.33. The molecular formula is C12H18ClNO. The van der Waals surface area contributed by atoms with Gasteiger partial charge >= 0.3 is 0 Å². The number of rotatable bonds is 4. The molecule has 15 heavy (non-hydrogen) atoms. The van der Waals surface area contributed by atoms with Crippen molar-refractivity contribution in [1.29, 1.82) is 0 Å². The summed E-state index contributed by atoms with van der Waals surface area (Å²) < 4.78 is 5.32. The minimum absolute atomic E-state index is 0.290. The summed E-state index contributed by atoms with van der Waals surface area (Å²) in [6.45, 7) is 4.91. The van der Waals surface area contributed by atoms with Crippen molar-refractivity contribution >= 4 is 11.6 Å². The van der Waals surface area contributed by atoms with Gasteiger partial charge in [0.2, 0.25) is 0 Å². The smallest absolute Gasteiger partial charge is 0.122 e. The molecule has 1 aromatic carbocycles. The number of benzene rings is 1. The molecular weight excluding hydrogens is 210 g/mol. The van der Waals surface area contributed by atoms with E-state index in [1.54, 1.807) is 7.11 Å². The molecule has 0 aliphatic rings. The Balaban J connectivity index is 3.13. The van der Waals surface area contributed by atoms with Crippen molar-refractivity contribution in [1.82, 2.24) is 0 Å². The fourth-order valence-electron chi connectivity index (χ4n) is 1.75. The first-order valence-corrected chi connectivity index (χ1v) is 5.51. The number of hydrogen-bond donors (Lipinski definition) is 1. The van der Waals surface area contributed by atoms with E-state index in [0.29, 0.717) is 18.4 Å². The van der Waals surface area contributed by atoms with Gasteiger partial charge in [0.05, 0.1) is 7.11 Å². The maximum absolute atomic E-state index is 5.98. The molecule has 1 unspecified atom stereocenters. The molecule has 0 bridgehead atoms. The molecule has 1 atom stereocenters. The molecule has 3 heteroatoms. The van der Waals surface area contributed by atoms with E-state index >= 15 is 0 Å². The predicted molar refractivity (Wildman–Crippen MR) is 64.6 cm³/mol. The molecule has 0 saturated carbocycles. The molecule has 1 aromatic rings. The molecule has 84 valence electrons. The molecule has 1 rings (SSSR count). The average molecular weight is 228 g/mol. The van der Waals surface area contributed by atoms with Gasteiger partial charge in [-0.25, -0.2) is 0 Å². The van der Waals surface area contributed by atoms with E-state index in [1.165, 1.54) is 0 Å². The van der Waals surface area contributed by atoms with E-state index in [4.69, 9.17) is 22.1 Å². The van der Waals surface area contributed by atoms with Gasteiger partial charge in [0.1, 0.15) is 5.75 Å².